The number of thiazole rings is 1. The Hall–Kier alpha value is -0.580. The van der Waals surface area contributed by atoms with E-state index in [1.54, 1.807) is 0 Å². The summed E-state index contributed by atoms with van der Waals surface area (Å²) in [6.45, 7) is 2.07. The van der Waals surface area contributed by atoms with E-state index in [4.69, 9.17) is 16.7 Å². The lowest BCUT2D eigenvalue weighted by atomic mass is 10.4. The summed E-state index contributed by atoms with van der Waals surface area (Å²) in [6, 6.07) is 0. The van der Waals surface area contributed by atoms with Gasteiger partial charge >= 0.3 is 0 Å². The minimum atomic E-state index is 0.0474. The average Bonchev–Trinajstić information content (AvgIpc) is 2.65. The van der Waals surface area contributed by atoms with Gasteiger partial charge in [-0.05, 0) is 6.42 Å². The van der Waals surface area contributed by atoms with Crippen LogP contribution < -0.4 is 0 Å². The molecule has 0 saturated heterocycles. The lowest BCUT2D eigenvalue weighted by Crippen LogP contribution is -1.82. The molecule has 0 unspecified atom stereocenters. The summed E-state index contributed by atoms with van der Waals surface area (Å²) in [4.78, 5) is 6.07. The van der Waals surface area contributed by atoms with E-state index in [-0.39, 0.29) is 6.61 Å². The smallest absolute Gasteiger partial charge is 0.195 e. The number of hydrogen-bond acceptors (Lipinski definition) is 3. The minimum absolute atomic E-state index is 0.0474. The normalized spacial score (nSPS) is 11.3. The summed E-state index contributed by atoms with van der Waals surface area (Å²) in [7, 11) is 0. The van der Waals surface area contributed by atoms with Gasteiger partial charge in [-0.2, -0.15) is 0 Å². The minimum Gasteiger partial charge on any atom is -0.391 e. The highest BCUT2D eigenvalue weighted by Crippen LogP contribution is 2.25. The van der Waals surface area contributed by atoms with Gasteiger partial charge in [0.15, 0.2) is 4.96 Å². The Morgan fingerprint density at radius 2 is 2.46 bits per heavy atom. The number of fused-ring (bicyclic) bond motifs is 1. The van der Waals surface area contributed by atoms with Crippen molar-refractivity contribution in [2.75, 3.05) is 0 Å². The molecule has 0 aliphatic heterocycles. The number of rotatable bonds is 2. The molecular formula is C8H9ClN2OS. The van der Waals surface area contributed by atoms with E-state index in [0.717, 1.165) is 22.0 Å². The van der Waals surface area contributed by atoms with Crippen LogP contribution >= 0.6 is 22.9 Å². The van der Waals surface area contributed by atoms with Crippen molar-refractivity contribution in [3.63, 3.8) is 0 Å². The van der Waals surface area contributed by atoms with E-state index in [0.29, 0.717) is 5.15 Å². The standard InChI is InChI=1S/C8H9ClN2OS/c1-2-6-7(9)11-3-5(4-12)13-8(11)10-6/h3,12H,2,4H2,1H3. The number of aliphatic hydroxyl groups excluding tert-OH is 1. The van der Waals surface area contributed by atoms with Crippen molar-refractivity contribution in [1.29, 1.82) is 0 Å². The monoisotopic (exact) mass is 216 g/mol. The summed E-state index contributed by atoms with van der Waals surface area (Å²) < 4.78 is 1.82. The highest BCUT2D eigenvalue weighted by molar-refractivity contribution is 7.17. The van der Waals surface area contributed by atoms with Crippen molar-refractivity contribution in [3.8, 4) is 0 Å². The van der Waals surface area contributed by atoms with Crippen molar-refractivity contribution in [2.45, 2.75) is 20.0 Å². The fourth-order valence-corrected chi connectivity index (χ4v) is 2.42. The lowest BCUT2D eigenvalue weighted by molar-refractivity contribution is 0.285. The first-order chi connectivity index (χ1) is 6.26. The summed E-state index contributed by atoms with van der Waals surface area (Å²) >= 11 is 7.52. The zero-order valence-corrected chi connectivity index (χ0v) is 8.69. The van der Waals surface area contributed by atoms with Gasteiger partial charge in [0, 0.05) is 6.20 Å². The summed E-state index contributed by atoms with van der Waals surface area (Å²) in [6.07, 6.45) is 2.66. The molecule has 2 heterocycles. The maximum absolute atomic E-state index is 8.90. The molecule has 0 aliphatic rings. The molecule has 3 nitrogen and oxygen atoms in total. The SMILES string of the molecule is CCc1nc2sc(CO)cn2c1Cl. The van der Waals surface area contributed by atoms with Gasteiger partial charge in [0.2, 0.25) is 0 Å². The third-order valence-corrected chi connectivity index (χ3v) is 3.24. The fourth-order valence-electron chi connectivity index (χ4n) is 1.21. The zero-order valence-electron chi connectivity index (χ0n) is 7.12. The van der Waals surface area contributed by atoms with Gasteiger partial charge in [-0.1, -0.05) is 29.9 Å². The van der Waals surface area contributed by atoms with E-state index in [9.17, 15) is 0 Å². The number of aliphatic hydroxyl groups is 1. The molecule has 0 radical (unpaired) electrons. The van der Waals surface area contributed by atoms with Gasteiger partial charge in [0.1, 0.15) is 5.15 Å². The molecule has 0 atom stereocenters. The Balaban J connectivity index is 2.62. The number of aryl methyl sites for hydroxylation is 1. The largest absolute Gasteiger partial charge is 0.391 e. The quantitative estimate of drug-likeness (QED) is 0.835. The maximum atomic E-state index is 8.90. The van der Waals surface area contributed by atoms with Crippen LogP contribution in [0, 0.1) is 0 Å². The molecule has 1 N–H and O–H groups in total. The van der Waals surface area contributed by atoms with Crippen molar-refractivity contribution in [3.05, 3.63) is 21.9 Å². The molecule has 2 rings (SSSR count). The third kappa shape index (κ3) is 1.35. The Morgan fingerprint density at radius 1 is 1.69 bits per heavy atom. The average molecular weight is 217 g/mol. The van der Waals surface area contributed by atoms with Crippen LogP contribution in [-0.4, -0.2) is 14.5 Å². The van der Waals surface area contributed by atoms with Crippen molar-refractivity contribution < 1.29 is 5.11 Å². The van der Waals surface area contributed by atoms with E-state index >= 15 is 0 Å². The topological polar surface area (TPSA) is 37.5 Å². The Bertz CT molecular complexity index is 434. The van der Waals surface area contributed by atoms with Crippen LogP contribution in [0.1, 0.15) is 17.5 Å². The maximum Gasteiger partial charge on any atom is 0.195 e. The highest BCUT2D eigenvalue weighted by Gasteiger charge is 2.10. The van der Waals surface area contributed by atoms with Crippen molar-refractivity contribution in [2.24, 2.45) is 0 Å². The van der Waals surface area contributed by atoms with Crippen LogP contribution in [0.15, 0.2) is 6.20 Å². The van der Waals surface area contributed by atoms with Gasteiger partial charge in [-0.3, -0.25) is 4.40 Å². The Kier molecular flexibility index (Phi) is 2.27. The molecular weight excluding hydrogens is 208 g/mol. The van der Waals surface area contributed by atoms with E-state index in [1.165, 1.54) is 11.3 Å². The van der Waals surface area contributed by atoms with Crippen LogP contribution in [0.2, 0.25) is 5.15 Å². The summed E-state index contributed by atoms with van der Waals surface area (Å²) in [5.41, 5.74) is 0.914. The molecule has 0 saturated carbocycles. The molecule has 0 spiro atoms. The fraction of sp³-hybridized carbons (Fsp3) is 0.375. The van der Waals surface area contributed by atoms with E-state index < -0.39 is 0 Å². The third-order valence-electron chi connectivity index (χ3n) is 1.87. The van der Waals surface area contributed by atoms with Crippen LogP contribution in [0.4, 0.5) is 0 Å². The predicted molar refractivity (Wildman–Crippen MR) is 53.4 cm³/mol. The van der Waals surface area contributed by atoms with Gasteiger partial charge in [0.05, 0.1) is 17.2 Å². The van der Waals surface area contributed by atoms with Gasteiger partial charge in [0.25, 0.3) is 0 Å². The number of aromatic nitrogens is 2. The Labute approximate surface area is 84.6 Å². The number of hydrogen-bond donors (Lipinski definition) is 1. The van der Waals surface area contributed by atoms with Gasteiger partial charge in [-0.25, -0.2) is 4.98 Å². The summed E-state index contributed by atoms with van der Waals surface area (Å²) in [5, 5.41) is 9.56. The molecule has 0 bridgehead atoms. The molecule has 0 fully saturated rings. The molecule has 0 aromatic carbocycles. The zero-order chi connectivity index (χ0) is 9.42. The first-order valence-corrected chi connectivity index (χ1v) is 5.21. The molecule has 2 aromatic heterocycles. The molecule has 70 valence electrons. The van der Waals surface area contributed by atoms with Crippen LogP contribution in [0.3, 0.4) is 0 Å². The first-order valence-electron chi connectivity index (χ1n) is 4.02. The number of nitrogens with zero attached hydrogens (tertiary/aromatic N) is 2. The summed E-state index contributed by atoms with van der Waals surface area (Å²) in [5.74, 6) is 0. The molecule has 2 aromatic rings. The van der Waals surface area contributed by atoms with E-state index in [2.05, 4.69) is 4.98 Å². The second kappa shape index (κ2) is 3.29. The second-order valence-corrected chi connectivity index (χ2v) is 4.16. The van der Waals surface area contributed by atoms with Crippen molar-refractivity contribution >= 4 is 27.9 Å². The predicted octanol–water partition coefficient (Wildman–Crippen LogP) is 2.10. The Morgan fingerprint density at radius 3 is 3.00 bits per heavy atom. The first kappa shape index (κ1) is 8.99. The van der Waals surface area contributed by atoms with Crippen molar-refractivity contribution in [1.82, 2.24) is 9.38 Å². The van der Waals surface area contributed by atoms with Crippen LogP contribution in [0.25, 0.3) is 4.96 Å². The van der Waals surface area contributed by atoms with Crippen LogP contribution in [0.5, 0.6) is 0 Å². The number of halogens is 1. The number of imidazole rings is 1. The van der Waals surface area contributed by atoms with Gasteiger partial charge < -0.3 is 5.11 Å². The molecule has 0 amide bonds. The lowest BCUT2D eigenvalue weighted by Gasteiger charge is -1.89. The highest BCUT2D eigenvalue weighted by atomic mass is 35.5. The second-order valence-electron chi connectivity index (χ2n) is 2.71. The molecule has 13 heavy (non-hydrogen) atoms. The van der Waals surface area contributed by atoms with E-state index in [1.807, 2.05) is 17.5 Å². The van der Waals surface area contributed by atoms with Gasteiger partial charge in [-0.15, -0.1) is 0 Å². The molecule has 5 heteroatoms. The molecule has 0 aliphatic carbocycles. The van der Waals surface area contributed by atoms with Crippen LogP contribution in [-0.2, 0) is 13.0 Å².